The van der Waals surface area contributed by atoms with E-state index in [2.05, 4.69) is 31.2 Å². The smallest absolute Gasteiger partial charge is 0.194 e. The second kappa shape index (κ2) is 11.1. The van der Waals surface area contributed by atoms with Gasteiger partial charge in [-0.25, -0.2) is 22.2 Å². The lowest BCUT2D eigenvalue weighted by atomic mass is 9.90. The standard InChI is InChI=1S/C25H28Cl2F2N2O3SSi/c1-6-22-25(35(2,32)33)30-24(31(22)15-34-11-12-36(3,4)5)23(16-7-9-20(28)18(26)13-16)17-8-10-21(29)19(27)14-17/h6-10,13-14,23H,1,11-12,15H2,2-5H3. The van der Waals surface area contributed by atoms with E-state index in [0.29, 0.717) is 17.7 Å². The minimum absolute atomic E-state index is 0.00401. The molecule has 3 rings (SSSR count). The summed E-state index contributed by atoms with van der Waals surface area (Å²) in [5, 5.41) is -0.419. The van der Waals surface area contributed by atoms with Crippen LogP contribution in [0.2, 0.25) is 35.7 Å². The number of sulfone groups is 1. The Morgan fingerprint density at radius 1 is 1.08 bits per heavy atom. The van der Waals surface area contributed by atoms with Gasteiger partial charge < -0.3 is 9.30 Å². The average molecular weight is 574 g/mol. The Balaban J connectivity index is 2.25. The maximum absolute atomic E-state index is 14.0. The zero-order valence-corrected chi connectivity index (χ0v) is 23.8. The van der Waals surface area contributed by atoms with Crippen LogP contribution in [-0.4, -0.2) is 38.9 Å². The third-order valence-corrected chi connectivity index (χ3v) is 8.86. The van der Waals surface area contributed by atoms with Crippen molar-refractivity contribution in [3.63, 3.8) is 0 Å². The van der Waals surface area contributed by atoms with Gasteiger partial charge in [-0.1, -0.05) is 61.6 Å². The van der Waals surface area contributed by atoms with E-state index >= 15 is 0 Å². The summed E-state index contributed by atoms with van der Waals surface area (Å²) in [6.07, 6.45) is 2.46. The second-order valence-corrected chi connectivity index (χ2v) is 18.1. The Bertz CT molecular complexity index is 1340. The van der Waals surface area contributed by atoms with Gasteiger partial charge in [0.15, 0.2) is 14.9 Å². The van der Waals surface area contributed by atoms with Crippen LogP contribution < -0.4 is 0 Å². The van der Waals surface area contributed by atoms with Gasteiger partial charge in [-0.05, 0) is 47.5 Å². The Morgan fingerprint density at radius 2 is 1.61 bits per heavy atom. The van der Waals surface area contributed by atoms with Crippen LogP contribution in [0.4, 0.5) is 8.78 Å². The van der Waals surface area contributed by atoms with E-state index in [1.165, 1.54) is 42.5 Å². The zero-order chi connectivity index (χ0) is 26.8. The number of hydrogen-bond acceptors (Lipinski definition) is 4. The van der Waals surface area contributed by atoms with E-state index in [-0.39, 0.29) is 33.3 Å². The normalized spacial score (nSPS) is 12.4. The molecule has 0 saturated heterocycles. The van der Waals surface area contributed by atoms with Crippen molar-refractivity contribution in [1.29, 1.82) is 0 Å². The quantitative estimate of drug-likeness (QED) is 0.194. The van der Waals surface area contributed by atoms with Crippen LogP contribution in [-0.2, 0) is 21.3 Å². The molecule has 194 valence electrons. The maximum Gasteiger partial charge on any atom is 0.194 e. The summed E-state index contributed by atoms with van der Waals surface area (Å²) >= 11 is 12.2. The summed E-state index contributed by atoms with van der Waals surface area (Å²) in [5.74, 6) is -1.71. The van der Waals surface area contributed by atoms with Gasteiger partial charge in [0.1, 0.15) is 24.2 Å². The van der Waals surface area contributed by atoms with Crippen LogP contribution in [0, 0.1) is 11.6 Å². The Hall–Kier alpha value is -2.04. The second-order valence-electron chi connectivity index (χ2n) is 9.69. The highest BCUT2D eigenvalue weighted by Gasteiger charge is 2.30. The molecule has 0 spiro atoms. The van der Waals surface area contributed by atoms with E-state index in [0.717, 1.165) is 12.3 Å². The van der Waals surface area contributed by atoms with Gasteiger partial charge >= 0.3 is 0 Å². The van der Waals surface area contributed by atoms with Crippen molar-refractivity contribution in [3.8, 4) is 0 Å². The third-order valence-electron chi connectivity index (χ3n) is 5.58. The lowest BCUT2D eigenvalue weighted by molar-refractivity contribution is 0.0844. The maximum atomic E-state index is 14.0. The van der Waals surface area contributed by atoms with Crippen molar-refractivity contribution in [1.82, 2.24) is 9.55 Å². The molecular formula is C25H28Cl2F2N2O3SSi. The Labute approximate surface area is 221 Å². The molecule has 0 fully saturated rings. The molecule has 0 N–H and O–H groups in total. The number of benzene rings is 2. The summed E-state index contributed by atoms with van der Waals surface area (Å²) in [4.78, 5) is 4.50. The molecule has 1 heterocycles. The van der Waals surface area contributed by atoms with Gasteiger partial charge in [-0.3, -0.25) is 0 Å². The lowest BCUT2D eigenvalue weighted by Crippen LogP contribution is -2.22. The molecule has 0 aliphatic rings. The lowest BCUT2D eigenvalue weighted by Gasteiger charge is -2.21. The molecule has 1 aromatic heterocycles. The van der Waals surface area contributed by atoms with E-state index in [4.69, 9.17) is 27.9 Å². The summed E-state index contributed by atoms with van der Waals surface area (Å²) in [6, 6.07) is 9.21. The Morgan fingerprint density at radius 3 is 2.03 bits per heavy atom. The first-order valence-corrected chi connectivity index (χ1v) is 17.5. The molecule has 0 radical (unpaired) electrons. The summed E-state index contributed by atoms with van der Waals surface area (Å²) in [6.45, 7) is 10.9. The number of hydrogen-bond donors (Lipinski definition) is 0. The molecule has 0 atom stereocenters. The monoisotopic (exact) mass is 572 g/mol. The zero-order valence-electron chi connectivity index (χ0n) is 20.5. The summed E-state index contributed by atoms with van der Waals surface area (Å²) in [7, 11) is -5.13. The Kier molecular flexibility index (Phi) is 8.83. The summed E-state index contributed by atoms with van der Waals surface area (Å²) in [5.41, 5.74) is 1.27. The van der Waals surface area contributed by atoms with E-state index < -0.39 is 35.5 Å². The van der Waals surface area contributed by atoms with Gasteiger partial charge in [-0.15, -0.1) is 0 Å². The molecule has 36 heavy (non-hydrogen) atoms. The van der Waals surface area contributed by atoms with Crippen molar-refractivity contribution >= 4 is 47.2 Å². The number of nitrogens with zero attached hydrogens (tertiary/aromatic N) is 2. The van der Waals surface area contributed by atoms with Gasteiger partial charge in [0.05, 0.1) is 21.7 Å². The topological polar surface area (TPSA) is 61.2 Å². The number of imidazole rings is 1. The van der Waals surface area contributed by atoms with Crippen LogP contribution >= 0.6 is 23.2 Å². The highest BCUT2D eigenvalue weighted by Crippen LogP contribution is 2.37. The van der Waals surface area contributed by atoms with Crippen molar-refractivity contribution in [2.75, 3.05) is 12.9 Å². The van der Waals surface area contributed by atoms with Crippen LogP contribution in [0.5, 0.6) is 0 Å². The van der Waals surface area contributed by atoms with Crippen LogP contribution in [0.3, 0.4) is 0 Å². The minimum atomic E-state index is -3.75. The number of rotatable bonds is 10. The molecule has 0 amide bonds. The van der Waals surface area contributed by atoms with Crippen molar-refractivity contribution < 1.29 is 21.9 Å². The van der Waals surface area contributed by atoms with Gasteiger partial charge in [0.25, 0.3) is 0 Å². The predicted molar refractivity (Wildman–Crippen MR) is 143 cm³/mol. The van der Waals surface area contributed by atoms with Crippen molar-refractivity contribution in [2.45, 2.75) is 43.4 Å². The molecule has 0 aliphatic heterocycles. The number of halogens is 4. The predicted octanol–water partition coefficient (Wildman–Crippen LogP) is 7.01. The first-order valence-electron chi connectivity index (χ1n) is 11.1. The third kappa shape index (κ3) is 6.63. The van der Waals surface area contributed by atoms with E-state index in [9.17, 15) is 17.2 Å². The average Bonchev–Trinajstić information content (AvgIpc) is 3.14. The van der Waals surface area contributed by atoms with E-state index in [1.807, 2.05) is 0 Å². The highest BCUT2D eigenvalue weighted by molar-refractivity contribution is 7.90. The van der Waals surface area contributed by atoms with Gasteiger partial charge in [0.2, 0.25) is 0 Å². The van der Waals surface area contributed by atoms with Crippen LogP contribution in [0.15, 0.2) is 48.0 Å². The number of ether oxygens (including phenoxy) is 1. The van der Waals surface area contributed by atoms with Crippen LogP contribution in [0.25, 0.3) is 6.08 Å². The minimum Gasteiger partial charge on any atom is -0.361 e. The fourth-order valence-electron chi connectivity index (χ4n) is 3.70. The van der Waals surface area contributed by atoms with Gasteiger partial charge in [-0.2, -0.15) is 0 Å². The van der Waals surface area contributed by atoms with E-state index in [1.54, 1.807) is 4.57 Å². The molecule has 0 saturated carbocycles. The molecule has 11 heteroatoms. The van der Waals surface area contributed by atoms with Crippen LogP contribution in [0.1, 0.15) is 28.6 Å². The van der Waals surface area contributed by atoms with Crippen molar-refractivity contribution in [3.05, 3.63) is 87.3 Å². The molecule has 0 unspecified atom stereocenters. The SMILES string of the molecule is C=Cc1c(S(C)(=O)=O)nc(C(c2ccc(F)c(Cl)c2)c2ccc(F)c(Cl)c2)n1COCC[Si](C)(C)C. The van der Waals surface area contributed by atoms with Gasteiger partial charge in [0, 0.05) is 20.9 Å². The molecule has 3 aromatic rings. The first-order chi connectivity index (χ1) is 16.7. The molecule has 0 aliphatic carbocycles. The summed E-state index contributed by atoms with van der Waals surface area (Å²) < 4.78 is 60.9. The molecule has 0 bridgehead atoms. The molecule has 2 aromatic carbocycles. The molecular weight excluding hydrogens is 545 g/mol. The fraction of sp³-hybridized carbons (Fsp3) is 0.320. The highest BCUT2D eigenvalue weighted by atomic mass is 35.5. The largest absolute Gasteiger partial charge is 0.361 e. The first kappa shape index (κ1) is 28.5. The number of aromatic nitrogens is 2. The van der Waals surface area contributed by atoms with Crippen molar-refractivity contribution in [2.24, 2.45) is 0 Å². The fourth-order valence-corrected chi connectivity index (χ4v) is 5.66. The molecule has 5 nitrogen and oxygen atoms in total.